The van der Waals surface area contributed by atoms with Crippen molar-refractivity contribution in [1.82, 2.24) is 0 Å². The molecule has 0 aromatic rings. The van der Waals surface area contributed by atoms with Gasteiger partial charge in [-0.3, -0.25) is 10.1 Å². The van der Waals surface area contributed by atoms with Crippen LogP contribution in [-0.4, -0.2) is 0 Å². The second-order valence-electron chi connectivity index (χ2n) is 0.298. The summed E-state index contributed by atoms with van der Waals surface area (Å²) < 4.78 is 28.8. The highest BCUT2D eigenvalue weighted by Gasteiger charge is 1.93. The molecule has 0 aromatic heterocycles. The summed E-state index contributed by atoms with van der Waals surface area (Å²) in [5.41, 5.74) is 0. The Kier molecular flexibility index (Phi) is 12.1. The van der Waals surface area contributed by atoms with Gasteiger partial charge in [0.05, 0.1) is 0 Å². The summed E-state index contributed by atoms with van der Waals surface area (Å²) in [4.78, 5) is 8.12. The molecule has 7 heavy (non-hydrogen) atoms. The van der Waals surface area contributed by atoms with Gasteiger partial charge in [-0.15, -0.1) is 0 Å². The molecule has 0 amide bonds. The zero-order chi connectivity index (χ0) is 6.28. The molecule has 0 saturated carbocycles. The summed E-state index contributed by atoms with van der Waals surface area (Å²) in [6.07, 6.45) is 0. The molecule has 0 bridgehead atoms. The van der Waals surface area contributed by atoms with Crippen molar-refractivity contribution in [3.63, 3.8) is 0 Å². The minimum absolute atomic E-state index is 0.250. The Morgan fingerprint density at radius 1 is 1.43 bits per heavy atom. The molecule has 0 heterocycles. The number of nitrogens with one attached hydrogen (secondary N) is 1. The van der Waals surface area contributed by atoms with E-state index in [1.807, 2.05) is 0 Å². The summed E-state index contributed by atoms with van der Waals surface area (Å²) in [7, 11) is 0. The average Bonchev–Trinajstić information content (AvgIpc) is 1.33. The molecule has 0 aliphatic carbocycles. The van der Waals surface area contributed by atoms with Crippen molar-refractivity contribution in [2.24, 2.45) is 0 Å². The number of rotatable bonds is 0. The summed E-state index contributed by atoms with van der Waals surface area (Å²) >= 11 is 0. The van der Waals surface area contributed by atoms with E-state index in [1.165, 1.54) is 0 Å². The Balaban J connectivity index is 0. The number of halogens is 3. The van der Waals surface area contributed by atoms with Gasteiger partial charge in [0.2, 0.25) is 0 Å². The van der Waals surface area contributed by atoms with Gasteiger partial charge in [0, 0.05) is 5.34 Å². The van der Waals surface area contributed by atoms with Crippen LogP contribution >= 0.6 is 0 Å². The molecule has 0 spiro atoms. The van der Waals surface area contributed by atoms with Gasteiger partial charge in [0.1, 0.15) is 0 Å². The molecule has 1 radical (unpaired) electrons. The summed E-state index contributed by atoms with van der Waals surface area (Å²) in [5, 5.41) is 8.38. The van der Waals surface area contributed by atoms with Crippen molar-refractivity contribution in [3.8, 4) is 0 Å². The molecule has 3 nitrogen and oxygen atoms in total. The second-order valence-corrected chi connectivity index (χ2v) is 0.298. The first-order valence-electron chi connectivity index (χ1n) is 0.975. The van der Waals surface area contributed by atoms with Gasteiger partial charge in [-0.25, -0.2) is 0 Å². The van der Waals surface area contributed by atoms with Gasteiger partial charge in [-0.2, -0.15) is 13.2 Å². The van der Waals surface area contributed by atoms with Gasteiger partial charge in [-0.05, 0) is 0 Å². The van der Waals surface area contributed by atoms with Crippen molar-refractivity contribution in [2.75, 3.05) is 0 Å². The number of hydrogen-bond donors (Lipinski definition) is 1. The minimum atomic E-state index is -3.08. The second kappa shape index (κ2) is 8.95. The molecule has 0 unspecified atom stereocenters. The van der Waals surface area contributed by atoms with Crippen LogP contribution in [0.5, 0.6) is 0 Å². The third-order valence-electron chi connectivity index (χ3n) is 0. The first-order chi connectivity index (χ1) is 3.15. The Bertz CT molecular complexity index is 37.2. The highest BCUT2D eigenvalue weighted by molar-refractivity contribution is 4.21. The van der Waals surface area contributed by atoms with Crippen molar-refractivity contribution < 1.29 is 18.5 Å². The minimum Gasteiger partial charge on any atom is -0.267 e. The maximum Gasteiger partial charge on any atom is 0.487 e. The van der Waals surface area contributed by atoms with Crippen LogP contribution in [0.4, 0.5) is 13.2 Å². The fourth-order valence-electron chi connectivity index (χ4n) is 0. The lowest BCUT2D eigenvalue weighted by atomic mass is 11.6. The summed E-state index contributed by atoms with van der Waals surface area (Å²) in [5.74, 6) is 0. The topological polar surface area (TPSA) is 54.1 Å². The number of hydrogen-bond acceptors (Lipinski definition) is 2. The normalized spacial score (nSPS) is 6.86. The molecule has 0 rings (SSSR count). The molecule has 0 aliphatic heterocycles. The van der Waals surface area contributed by atoms with Crippen molar-refractivity contribution in [3.05, 3.63) is 16.8 Å². The van der Waals surface area contributed by atoms with Crippen LogP contribution in [0.3, 0.4) is 0 Å². The van der Waals surface area contributed by atoms with E-state index in [0.29, 0.717) is 0 Å². The maximum atomic E-state index is 9.58. The quantitative estimate of drug-likeness (QED) is 0.348. The molecule has 0 atom stereocenters. The SMILES string of the molecule is F[C](F)F.O=[NH+][O-]. The monoisotopic (exact) mass is 116 g/mol. The van der Waals surface area contributed by atoms with Crippen LogP contribution < -0.4 is 5.34 Å². The van der Waals surface area contributed by atoms with E-state index in [0.717, 1.165) is 0 Å². The van der Waals surface area contributed by atoms with Gasteiger partial charge in [0.25, 0.3) is 0 Å². The van der Waals surface area contributed by atoms with Crippen molar-refractivity contribution in [2.45, 2.75) is 0 Å². The van der Waals surface area contributed by atoms with E-state index in [2.05, 4.69) is 0 Å². The Morgan fingerprint density at radius 3 is 1.43 bits per heavy atom. The fourth-order valence-corrected chi connectivity index (χ4v) is 0. The van der Waals surface area contributed by atoms with E-state index >= 15 is 0 Å². The van der Waals surface area contributed by atoms with Gasteiger partial charge in [0.15, 0.2) is 0 Å². The summed E-state index contributed by atoms with van der Waals surface area (Å²) in [6, 6.07) is 0. The molecular formula is CHF3NO2. The Hall–Kier alpha value is -0.810. The predicted molar refractivity (Wildman–Crippen MR) is 14.3 cm³/mol. The first-order valence-corrected chi connectivity index (χ1v) is 0.975. The molecule has 0 saturated heterocycles. The van der Waals surface area contributed by atoms with Crippen LogP contribution in [0.1, 0.15) is 0 Å². The maximum absolute atomic E-state index is 9.58. The van der Waals surface area contributed by atoms with Crippen LogP contribution in [-0.2, 0) is 0 Å². The molecule has 0 aromatic carbocycles. The van der Waals surface area contributed by atoms with E-state index in [-0.39, 0.29) is 5.34 Å². The Morgan fingerprint density at radius 2 is 1.43 bits per heavy atom. The molecular weight excluding hydrogens is 115 g/mol. The van der Waals surface area contributed by atoms with Gasteiger partial charge >= 0.3 is 6.68 Å². The lowest BCUT2D eigenvalue weighted by Gasteiger charge is -1.60. The molecule has 1 N–H and O–H groups in total. The molecule has 43 valence electrons. The van der Waals surface area contributed by atoms with Crippen molar-refractivity contribution >= 4 is 0 Å². The predicted octanol–water partition coefficient (Wildman–Crippen LogP) is -0.327. The first kappa shape index (κ1) is 9.50. The molecule has 6 heteroatoms. The van der Waals surface area contributed by atoms with Crippen LogP contribution in [0, 0.1) is 16.8 Å². The van der Waals surface area contributed by atoms with E-state index < -0.39 is 6.68 Å². The van der Waals surface area contributed by atoms with E-state index in [9.17, 15) is 13.2 Å². The third-order valence-corrected chi connectivity index (χ3v) is 0. The smallest absolute Gasteiger partial charge is 0.267 e. The van der Waals surface area contributed by atoms with Crippen molar-refractivity contribution in [1.29, 1.82) is 0 Å². The van der Waals surface area contributed by atoms with E-state index in [4.69, 9.17) is 10.1 Å². The third kappa shape index (κ3) is 80.5. The van der Waals surface area contributed by atoms with E-state index in [1.54, 1.807) is 0 Å². The highest BCUT2D eigenvalue weighted by Crippen LogP contribution is 1.99. The lowest BCUT2D eigenvalue weighted by Crippen LogP contribution is -2.53. The standard InChI is InChI=1S/CF3.HNO2/c2-1(3)4;2-1-3/h;1H. The lowest BCUT2D eigenvalue weighted by molar-refractivity contribution is -0.398. The largest absolute Gasteiger partial charge is 0.487 e. The summed E-state index contributed by atoms with van der Waals surface area (Å²) in [6.45, 7) is -3.08. The highest BCUT2D eigenvalue weighted by atomic mass is 19.4. The van der Waals surface area contributed by atoms with Gasteiger partial charge < -0.3 is 0 Å². The molecule has 0 fully saturated rings. The Labute approximate surface area is 36.7 Å². The fraction of sp³-hybridized carbons (Fsp3) is 0. The van der Waals surface area contributed by atoms with Gasteiger partial charge in [-0.1, -0.05) is 0 Å². The molecule has 0 aliphatic rings. The van der Waals surface area contributed by atoms with Crippen LogP contribution in [0.15, 0.2) is 0 Å². The average molecular weight is 116 g/mol. The zero-order valence-electron chi connectivity index (χ0n) is 2.95. The zero-order valence-corrected chi connectivity index (χ0v) is 2.95. The van der Waals surface area contributed by atoms with Crippen LogP contribution in [0.2, 0.25) is 0 Å². The van der Waals surface area contributed by atoms with Crippen LogP contribution in [0.25, 0.3) is 0 Å².